The lowest BCUT2D eigenvalue weighted by Gasteiger charge is -2.20. The van der Waals surface area contributed by atoms with E-state index in [9.17, 15) is 9.18 Å². The number of pyridine rings is 1. The number of guanidine groups is 1. The minimum absolute atomic E-state index is 0. The van der Waals surface area contributed by atoms with Gasteiger partial charge in [0.2, 0.25) is 5.91 Å². The van der Waals surface area contributed by atoms with Gasteiger partial charge < -0.3 is 20.4 Å². The number of halogens is 2. The summed E-state index contributed by atoms with van der Waals surface area (Å²) in [5, 5.41) is 6.75. The summed E-state index contributed by atoms with van der Waals surface area (Å²) >= 11 is 0. The Morgan fingerprint density at radius 1 is 1.25 bits per heavy atom. The lowest BCUT2D eigenvalue weighted by Crippen LogP contribution is -2.44. The van der Waals surface area contributed by atoms with Crippen LogP contribution in [-0.2, 0) is 11.3 Å². The van der Waals surface area contributed by atoms with Gasteiger partial charge >= 0.3 is 0 Å². The number of nitrogens with one attached hydrogen (secondary N) is 2. The first kappa shape index (κ1) is 24.2. The van der Waals surface area contributed by atoms with Crippen LogP contribution >= 0.6 is 24.0 Å². The zero-order valence-corrected chi connectivity index (χ0v) is 20.6. The molecule has 9 heteroatoms. The van der Waals surface area contributed by atoms with Gasteiger partial charge in [-0.05, 0) is 49.6 Å². The molecule has 32 heavy (non-hydrogen) atoms. The average Bonchev–Trinajstić information content (AvgIpc) is 3.42. The minimum Gasteiger partial charge on any atom is -0.357 e. The van der Waals surface area contributed by atoms with Crippen LogP contribution in [0.5, 0.6) is 0 Å². The molecule has 3 heterocycles. The highest BCUT2D eigenvalue weighted by molar-refractivity contribution is 14.0. The molecular formula is C23H30FIN6O. The summed E-state index contributed by atoms with van der Waals surface area (Å²) in [4.78, 5) is 24.6. The maximum atomic E-state index is 14.0. The molecule has 172 valence electrons. The fourth-order valence-corrected chi connectivity index (χ4v) is 4.07. The van der Waals surface area contributed by atoms with Gasteiger partial charge in [-0.1, -0.05) is 12.1 Å². The number of carbonyl (C=O) groups is 1. The Hall–Kier alpha value is -2.43. The molecule has 0 spiro atoms. The Morgan fingerprint density at radius 3 is 2.75 bits per heavy atom. The number of hydrogen-bond donors (Lipinski definition) is 2. The molecule has 1 aromatic heterocycles. The van der Waals surface area contributed by atoms with Crippen LogP contribution in [0.1, 0.15) is 31.7 Å². The smallest absolute Gasteiger partial charge is 0.227 e. The Labute approximate surface area is 205 Å². The van der Waals surface area contributed by atoms with Crippen molar-refractivity contribution in [3.8, 4) is 0 Å². The van der Waals surface area contributed by atoms with Gasteiger partial charge in [0.15, 0.2) is 17.6 Å². The Kier molecular flexibility index (Phi) is 8.66. The highest BCUT2D eigenvalue weighted by Gasteiger charge is 2.26. The topological polar surface area (TPSA) is 72.9 Å². The molecule has 1 aromatic carbocycles. The molecule has 0 bridgehead atoms. The molecular weight excluding hydrogens is 522 g/mol. The van der Waals surface area contributed by atoms with Crippen LogP contribution in [0.3, 0.4) is 0 Å². The third-order valence-corrected chi connectivity index (χ3v) is 5.65. The van der Waals surface area contributed by atoms with Gasteiger partial charge in [0, 0.05) is 50.5 Å². The molecule has 0 radical (unpaired) electrons. The summed E-state index contributed by atoms with van der Waals surface area (Å²) in [6.45, 7) is 5.55. The van der Waals surface area contributed by atoms with Gasteiger partial charge in [0.1, 0.15) is 0 Å². The van der Waals surface area contributed by atoms with Crippen LogP contribution in [0.4, 0.5) is 15.9 Å². The second-order valence-corrected chi connectivity index (χ2v) is 7.90. The van der Waals surface area contributed by atoms with Crippen LogP contribution in [0, 0.1) is 5.82 Å². The first-order valence-corrected chi connectivity index (χ1v) is 10.9. The molecule has 2 aromatic rings. The summed E-state index contributed by atoms with van der Waals surface area (Å²) in [5.41, 5.74) is 2.03. The number of benzene rings is 1. The Morgan fingerprint density at radius 2 is 2.06 bits per heavy atom. The van der Waals surface area contributed by atoms with Crippen LogP contribution < -0.4 is 20.4 Å². The zero-order valence-electron chi connectivity index (χ0n) is 18.3. The van der Waals surface area contributed by atoms with E-state index in [0.717, 1.165) is 49.7 Å². The number of nitrogens with zero attached hydrogens (tertiary/aromatic N) is 4. The third-order valence-electron chi connectivity index (χ3n) is 5.65. The second-order valence-electron chi connectivity index (χ2n) is 7.90. The number of aliphatic imine (C=N–C) groups is 1. The van der Waals surface area contributed by atoms with Crippen LogP contribution in [0.15, 0.2) is 47.6 Å². The molecule has 1 atom stereocenters. The molecule has 2 N–H and O–H groups in total. The molecule has 0 aliphatic carbocycles. The number of aromatic nitrogens is 1. The first-order valence-electron chi connectivity index (χ1n) is 10.9. The number of amides is 1. The average molecular weight is 552 g/mol. The third kappa shape index (κ3) is 5.87. The van der Waals surface area contributed by atoms with Crippen molar-refractivity contribution in [2.24, 2.45) is 4.99 Å². The molecule has 0 saturated carbocycles. The van der Waals surface area contributed by atoms with Crippen LogP contribution in [-0.4, -0.2) is 49.1 Å². The summed E-state index contributed by atoms with van der Waals surface area (Å²) in [5.74, 6) is 1.06. The quantitative estimate of drug-likeness (QED) is 0.327. The maximum Gasteiger partial charge on any atom is 0.227 e. The van der Waals surface area contributed by atoms with Gasteiger partial charge in [0.25, 0.3) is 0 Å². The molecule has 2 fully saturated rings. The Bertz CT molecular complexity index is 938. The number of carbonyl (C=O) groups excluding carboxylic acids is 1. The second kappa shape index (κ2) is 11.4. The predicted octanol–water partition coefficient (Wildman–Crippen LogP) is 3.30. The van der Waals surface area contributed by atoms with Crippen molar-refractivity contribution in [2.45, 2.75) is 38.8 Å². The molecule has 2 aliphatic rings. The highest BCUT2D eigenvalue weighted by atomic mass is 127. The minimum atomic E-state index is -0.289. The summed E-state index contributed by atoms with van der Waals surface area (Å²) in [6, 6.07) is 11.2. The molecule has 2 saturated heterocycles. The van der Waals surface area contributed by atoms with Gasteiger partial charge in [0.05, 0.1) is 6.54 Å². The van der Waals surface area contributed by atoms with E-state index in [-0.39, 0.29) is 41.7 Å². The van der Waals surface area contributed by atoms with Gasteiger partial charge in [-0.2, -0.15) is 0 Å². The molecule has 7 nitrogen and oxygen atoms in total. The molecule has 1 amide bonds. The molecule has 4 rings (SSSR count). The largest absolute Gasteiger partial charge is 0.357 e. The van der Waals surface area contributed by atoms with E-state index in [1.807, 2.05) is 41.0 Å². The fraction of sp³-hybridized carbons (Fsp3) is 0.435. The van der Waals surface area contributed by atoms with E-state index in [1.165, 1.54) is 6.07 Å². The lowest BCUT2D eigenvalue weighted by molar-refractivity contribution is -0.117. The summed E-state index contributed by atoms with van der Waals surface area (Å²) < 4.78 is 14.0. The molecule has 2 aliphatic heterocycles. The van der Waals surface area contributed by atoms with E-state index in [4.69, 9.17) is 4.99 Å². The SMILES string of the molecule is CCNC(=NCc1ccc(N2CCCC2=O)cc1)NC1CCN(c2ncccc2F)C1.I. The van der Waals surface area contributed by atoms with E-state index >= 15 is 0 Å². The zero-order chi connectivity index (χ0) is 21.6. The van der Waals surface area contributed by atoms with Crippen molar-refractivity contribution in [3.05, 3.63) is 54.0 Å². The number of hydrogen-bond acceptors (Lipinski definition) is 4. The number of anilines is 2. The van der Waals surface area contributed by atoms with Crippen LogP contribution in [0.2, 0.25) is 0 Å². The normalized spacial score (nSPS) is 18.6. The van der Waals surface area contributed by atoms with Crippen molar-refractivity contribution in [2.75, 3.05) is 36.0 Å². The van der Waals surface area contributed by atoms with E-state index in [0.29, 0.717) is 25.3 Å². The van der Waals surface area contributed by atoms with Gasteiger partial charge in [-0.15, -0.1) is 24.0 Å². The monoisotopic (exact) mass is 552 g/mol. The maximum absolute atomic E-state index is 14.0. The first-order chi connectivity index (χ1) is 15.1. The van der Waals surface area contributed by atoms with Crippen molar-refractivity contribution < 1.29 is 9.18 Å². The summed E-state index contributed by atoms with van der Waals surface area (Å²) in [6.07, 6.45) is 4.07. The van der Waals surface area contributed by atoms with Crippen molar-refractivity contribution in [1.29, 1.82) is 0 Å². The van der Waals surface area contributed by atoms with E-state index < -0.39 is 0 Å². The van der Waals surface area contributed by atoms with E-state index in [1.54, 1.807) is 12.3 Å². The lowest BCUT2D eigenvalue weighted by atomic mass is 10.2. The van der Waals surface area contributed by atoms with Gasteiger partial charge in [-0.3, -0.25) is 4.79 Å². The Balaban J connectivity index is 0.00000289. The van der Waals surface area contributed by atoms with Crippen molar-refractivity contribution in [1.82, 2.24) is 15.6 Å². The van der Waals surface area contributed by atoms with Crippen molar-refractivity contribution >= 4 is 47.3 Å². The van der Waals surface area contributed by atoms with E-state index in [2.05, 4.69) is 15.6 Å². The van der Waals surface area contributed by atoms with Gasteiger partial charge in [-0.25, -0.2) is 14.4 Å². The molecule has 1 unspecified atom stereocenters. The predicted molar refractivity (Wildman–Crippen MR) is 136 cm³/mol. The van der Waals surface area contributed by atoms with Crippen molar-refractivity contribution in [3.63, 3.8) is 0 Å². The fourth-order valence-electron chi connectivity index (χ4n) is 4.07. The standard InChI is InChI=1S/C23H29FN6O.HI/c1-2-25-23(28-18-11-14-29(16-18)22-20(24)5-3-12-26-22)27-15-17-7-9-19(10-8-17)30-13-4-6-21(30)31;/h3,5,7-10,12,18H,2,4,6,11,13-16H2,1H3,(H2,25,27,28);1H. The number of rotatable bonds is 6. The van der Waals surface area contributed by atoms with Crippen LogP contribution in [0.25, 0.3) is 0 Å². The summed E-state index contributed by atoms with van der Waals surface area (Å²) in [7, 11) is 0. The highest BCUT2D eigenvalue weighted by Crippen LogP contribution is 2.22.